The molecule has 0 fully saturated rings. The molecule has 0 saturated carbocycles. The maximum atomic E-state index is 12.1. The molecule has 0 spiro atoms. The van der Waals surface area contributed by atoms with Crippen molar-refractivity contribution in [3.63, 3.8) is 0 Å². The van der Waals surface area contributed by atoms with E-state index < -0.39 is 0 Å². The first kappa shape index (κ1) is 18.9. The van der Waals surface area contributed by atoms with Crippen LogP contribution < -0.4 is 0 Å². The van der Waals surface area contributed by atoms with Crippen molar-refractivity contribution in [3.8, 4) is 0 Å². The number of carbonyl (C=O) groups is 1. The Labute approximate surface area is 125 Å². The molecule has 2 nitrogen and oxygen atoms in total. The summed E-state index contributed by atoms with van der Waals surface area (Å²) in [5, 5.41) is 0. The Morgan fingerprint density at radius 3 is 2.25 bits per heavy atom. The molecular weight excluding hydrogens is 246 g/mol. The van der Waals surface area contributed by atoms with E-state index in [1.807, 2.05) is 4.90 Å². The largest absolute Gasteiger partial charge is 0.339 e. The average molecular weight is 279 g/mol. The normalized spacial score (nSPS) is 11.3. The predicted octanol–water partition coefficient (Wildman–Crippen LogP) is 5.11. The highest BCUT2D eigenvalue weighted by molar-refractivity contribution is 5.76. The van der Waals surface area contributed by atoms with Crippen LogP contribution in [0.3, 0.4) is 0 Å². The Hall–Kier alpha value is -1.05. The van der Waals surface area contributed by atoms with Crippen LogP contribution in [0.4, 0.5) is 0 Å². The molecule has 0 aliphatic rings. The summed E-state index contributed by atoms with van der Waals surface area (Å²) in [6.07, 6.45) is 10.5. The first-order valence-electron chi connectivity index (χ1n) is 8.08. The molecule has 0 unspecified atom stereocenters. The van der Waals surface area contributed by atoms with E-state index in [9.17, 15) is 4.79 Å². The van der Waals surface area contributed by atoms with Crippen molar-refractivity contribution >= 4 is 5.91 Å². The molecule has 0 aromatic carbocycles. The number of unbranched alkanes of at least 4 members (excludes halogenated alkanes) is 1. The van der Waals surface area contributed by atoms with Gasteiger partial charge in [0.1, 0.15) is 0 Å². The molecule has 0 radical (unpaired) electrons. The smallest absolute Gasteiger partial charge is 0.222 e. The van der Waals surface area contributed by atoms with Gasteiger partial charge < -0.3 is 4.90 Å². The van der Waals surface area contributed by atoms with Crippen molar-refractivity contribution in [2.75, 3.05) is 13.1 Å². The monoisotopic (exact) mass is 279 g/mol. The molecule has 116 valence electrons. The highest BCUT2D eigenvalue weighted by atomic mass is 16.2. The van der Waals surface area contributed by atoms with Gasteiger partial charge in [0, 0.05) is 19.5 Å². The Kier molecular flexibility index (Phi) is 11.1. The summed E-state index contributed by atoms with van der Waals surface area (Å²) in [6.45, 7) is 12.3. The molecule has 20 heavy (non-hydrogen) atoms. The van der Waals surface area contributed by atoms with E-state index in [2.05, 4.69) is 46.8 Å². The van der Waals surface area contributed by atoms with Crippen LogP contribution in [0.25, 0.3) is 0 Å². The van der Waals surface area contributed by atoms with Crippen LogP contribution in [0.2, 0.25) is 0 Å². The van der Waals surface area contributed by atoms with Crippen LogP contribution in [0.5, 0.6) is 0 Å². The Balaban J connectivity index is 4.33. The van der Waals surface area contributed by atoms with Crippen molar-refractivity contribution in [2.45, 2.75) is 73.1 Å². The van der Waals surface area contributed by atoms with Crippen LogP contribution in [-0.2, 0) is 4.79 Å². The summed E-state index contributed by atoms with van der Waals surface area (Å²) in [4.78, 5) is 14.1. The fourth-order valence-corrected chi connectivity index (χ4v) is 2.00. The highest BCUT2D eigenvalue weighted by Crippen LogP contribution is 2.08. The second-order valence-electron chi connectivity index (χ2n) is 5.81. The molecule has 0 atom stereocenters. The minimum absolute atomic E-state index is 0.300. The van der Waals surface area contributed by atoms with E-state index in [-0.39, 0.29) is 0 Å². The van der Waals surface area contributed by atoms with Gasteiger partial charge in [-0.1, -0.05) is 43.6 Å². The Morgan fingerprint density at radius 1 is 1.00 bits per heavy atom. The second-order valence-corrected chi connectivity index (χ2v) is 5.81. The molecule has 0 N–H and O–H groups in total. The third kappa shape index (κ3) is 9.82. The number of nitrogens with zero attached hydrogens (tertiary/aromatic N) is 1. The minimum Gasteiger partial charge on any atom is -0.339 e. The van der Waals surface area contributed by atoms with Crippen LogP contribution in [-0.4, -0.2) is 23.9 Å². The van der Waals surface area contributed by atoms with Crippen LogP contribution in [0, 0.1) is 0 Å². The van der Waals surface area contributed by atoms with Gasteiger partial charge in [-0.2, -0.15) is 0 Å². The van der Waals surface area contributed by atoms with Gasteiger partial charge in [-0.3, -0.25) is 4.79 Å². The number of allylic oxidation sites excluding steroid dienone is 3. The predicted molar refractivity (Wildman–Crippen MR) is 88.8 cm³/mol. The number of hydrogen-bond acceptors (Lipinski definition) is 1. The second kappa shape index (κ2) is 11.7. The lowest BCUT2D eigenvalue weighted by Gasteiger charge is -2.21. The van der Waals surface area contributed by atoms with E-state index >= 15 is 0 Å². The highest BCUT2D eigenvalue weighted by Gasteiger charge is 2.10. The van der Waals surface area contributed by atoms with Gasteiger partial charge in [0.15, 0.2) is 0 Å². The fraction of sp³-hybridized carbons (Fsp3) is 0.722. The van der Waals surface area contributed by atoms with E-state index in [0.29, 0.717) is 12.3 Å². The van der Waals surface area contributed by atoms with Crippen molar-refractivity contribution in [2.24, 2.45) is 0 Å². The van der Waals surface area contributed by atoms with Crippen LogP contribution in [0.15, 0.2) is 23.3 Å². The van der Waals surface area contributed by atoms with Crippen molar-refractivity contribution in [1.29, 1.82) is 0 Å². The lowest BCUT2D eigenvalue weighted by atomic mass is 10.1. The number of carbonyl (C=O) groups excluding carboxylic acids is 1. The van der Waals surface area contributed by atoms with Crippen molar-refractivity contribution in [3.05, 3.63) is 23.3 Å². The molecule has 1 amide bonds. The van der Waals surface area contributed by atoms with Crippen molar-refractivity contribution < 1.29 is 4.79 Å². The van der Waals surface area contributed by atoms with Crippen molar-refractivity contribution in [1.82, 2.24) is 4.90 Å². The molecule has 0 aromatic heterocycles. The van der Waals surface area contributed by atoms with E-state index in [1.165, 1.54) is 11.1 Å². The van der Waals surface area contributed by atoms with Gasteiger partial charge in [-0.15, -0.1) is 0 Å². The third-order valence-corrected chi connectivity index (χ3v) is 3.35. The summed E-state index contributed by atoms with van der Waals surface area (Å²) >= 11 is 0. The number of rotatable bonds is 10. The van der Waals surface area contributed by atoms with Crippen LogP contribution in [0.1, 0.15) is 73.1 Å². The molecule has 2 heteroatoms. The molecule has 0 aliphatic carbocycles. The molecule has 0 aromatic rings. The summed E-state index contributed by atoms with van der Waals surface area (Å²) < 4.78 is 0. The SMILES string of the molecule is CCCCN(C/C=C(/C)CCC=C(C)C)C(=O)CCC. The van der Waals surface area contributed by atoms with Gasteiger partial charge in [0.2, 0.25) is 5.91 Å². The zero-order chi connectivity index (χ0) is 15.4. The average Bonchev–Trinajstić information content (AvgIpc) is 2.38. The lowest BCUT2D eigenvalue weighted by molar-refractivity contribution is -0.130. The minimum atomic E-state index is 0.300. The van der Waals surface area contributed by atoms with Gasteiger partial charge in [0.25, 0.3) is 0 Å². The summed E-state index contributed by atoms with van der Waals surface area (Å²) in [5.74, 6) is 0.300. The van der Waals surface area contributed by atoms with Gasteiger partial charge in [0.05, 0.1) is 0 Å². The van der Waals surface area contributed by atoms with Gasteiger partial charge in [-0.25, -0.2) is 0 Å². The van der Waals surface area contributed by atoms with Gasteiger partial charge >= 0.3 is 0 Å². The van der Waals surface area contributed by atoms with Crippen LogP contribution >= 0.6 is 0 Å². The van der Waals surface area contributed by atoms with Gasteiger partial charge in [-0.05, 0) is 46.5 Å². The first-order chi connectivity index (χ1) is 9.51. The topological polar surface area (TPSA) is 20.3 Å². The maximum Gasteiger partial charge on any atom is 0.222 e. The molecule has 0 saturated heterocycles. The summed E-state index contributed by atoms with van der Waals surface area (Å²) in [5.41, 5.74) is 2.76. The number of hydrogen-bond donors (Lipinski definition) is 0. The Morgan fingerprint density at radius 2 is 1.70 bits per heavy atom. The van der Waals surface area contributed by atoms with E-state index in [0.717, 1.165) is 45.2 Å². The quantitative estimate of drug-likeness (QED) is 0.509. The van der Waals surface area contributed by atoms with E-state index in [4.69, 9.17) is 0 Å². The third-order valence-electron chi connectivity index (χ3n) is 3.35. The Bertz CT molecular complexity index is 324. The zero-order valence-corrected chi connectivity index (χ0v) is 14.2. The number of amides is 1. The molecule has 0 rings (SSSR count). The summed E-state index contributed by atoms with van der Waals surface area (Å²) in [6, 6.07) is 0. The molecule has 0 heterocycles. The fourth-order valence-electron chi connectivity index (χ4n) is 2.00. The molecule has 0 aliphatic heterocycles. The molecule has 0 bridgehead atoms. The first-order valence-corrected chi connectivity index (χ1v) is 8.08. The lowest BCUT2D eigenvalue weighted by Crippen LogP contribution is -2.32. The zero-order valence-electron chi connectivity index (χ0n) is 14.2. The molecular formula is C18H33NO. The summed E-state index contributed by atoms with van der Waals surface area (Å²) in [7, 11) is 0. The standard InChI is InChI=1S/C18H33NO/c1-6-8-14-19(18(20)10-7-2)15-13-17(5)12-9-11-16(3)4/h11,13H,6-10,12,14-15H2,1-5H3/b17-13-. The maximum absolute atomic E-state index is 12.1. The van der Waals surface area contributed by atoms with E-state index in [1.54, 1.807) is 0 Å².